The lowest BCUT2D eigenvalue weighted by Crippen LogP contribution is -2.32. The highest BCUT2D eigenvalue weighted by atomic mass is 16.4. The Hall–Kier alpha value is -0.940. The summed E-state index contributed by atoms with van der Waals surface area (Å²) in [7, 11) is 2.09. The standard InChI is InChI=1S/C9H16N4O/c1-7-11-12-9(14-7)6-13(2)8-3-4-10-5-8/h8,10H,3-6H2,1-2H3. The third-order valence-electron chi connectivity index (χ3n) is 2.61. The molecule has 14 heavy (non-hydrogen) atoms. The molecule has 1 aromatic heterocycles. The monoisotopic (exact) mass is 196 g/mol. The molecular formula is C9H16N4O. The molecule has 1 N–H and O–H groups in total. The zero-order valence-corrected chi connectivity index (χ0v) is 8.66. The zero-order chi connectivity index (χ0) is 9.97. The van der Waals surface area contributed by atoms with Crippen molar-refractivity contribution in [3.05, 3.63) is 11.8 Å². The second-order valence-corrected chi connectivity index (χ2v) is 3.78. The Morgan fingerprint density at radius 2 is 2.43 bits per heavy atom. The maximum absolute atomic E-state index is 5.33. The number of likely N-dealkylation sites (N-methyl/N-ethyl adjacent to an activating group) is 1. The zero-order valence-electron chi connectivity index (χ0n) is 8.66. The van der Waals surface area contributed by atoms with Crippen LogP contribution in [0.3, 0.4) is 0 Å². The minimum absolute atomic E-state index is 0.599. The van der Waals surface area contributed by atoms with Crippen molar-refractivity contribution < 1.29 is 4.42 Å². The molecular weight excluding hydrogens is 180 g/mol. The summed E-state index contributed by atoms with van der Waals surface area (Å²) in [6.07, 6.45) is 1.20. The van der Waals surface area contributed by atoms with Crippen molar-refractivity contribution >= 4 is 0 Å². The van der Waals surface area contributed by atoms with E-state index >= 15 is 0 Å². The highest BCUT2D eigenvalue weighted by molar-refractivity contribution is 4.84. The summed E-state index contributed by atoms with van der Waals surface area (Å²) >= 11 is 0. The van der Waals surface area contributed by atoms with Crippen molar-refractivity contribution in [2.45, 2.75) is 25.9 Å². The van der Waals surface area contributed by atoms with E-state index in [1.165, 1.54) is 6.42 Å². The molecule has 0 amide bonds. The Balaban J connectivity index is 1.90. The van der Waals surface area contributed by atoms with Crippen molar-refractivity contribution in [3.8, 4) is 0 Å². The fourth-order valence-electron chi connectivity index (χ4n) is 1.76. The molecule has 1 saturated heterocycles. The highest BCUT2D eigenvalue weighted by Gasteiger charge is 2.20. The summed E-state index contributed by atoms with van der Waals surface area (Å²) in [6, 6.07) is 0.599. The molecule has 1 fully saturated rings. The van der Waals surface area contributed by atoms with Crippen LogP contribution in [0.5, 0.6) is 0 Å². The SMILES string of the molecule is Cc1nnc(CN(C)C2CCNC2)o1. The molecule has 78 valence electrons. The predicted octanol–water partition coefficient (Wildman–Crippen LogP) is 0.172. The van der Waals surface area contributed by atoms with Crippen LogP contribution < -0.4 is 5.32 Å². The van der Waals surface area contributed by atoms with Gasteiger partial charge in [0.05, 0.1) is 6.54 Å². The van der Waals surface area contributed by atoms with Gasteiger partial charge in [-0.1, -0.05) is 0 Å². The van der Waals surface area contributed by atoms with Crippen LogP contribution in [-0.2, 0) is 6.54 Å². The third-order valence-corrected chi connectivity index (χ3v) is 2.61. The van der Waals surface area contributed by atoms with Gasteiger partial charge >= 0.3 is 0 Å². The Kier molecular flexibility index (Phi) is 2.79. The lowest BCUT2D eigenvalue weighted by atomic mass is 10.2. The van der Waals surface area contributed by atoms with E-state index in [0.29, 0.717) is 17.8 Å². The van der Waals surface area contributed by atoms with Crippen molar-refractivity contribution in [1.29, 1.82) is 0 Å². The lowest BCUT2D eigenvalue weighted by Gasteiger charge is -2.21. The average Bonchev–Trinajstić information content (AvgIpc) is 2.75. The Morgan fingerprint density at radius 3 is 3.00 bits per heavy atom. The quantitative estimate of drug-likeness (QED) is 0.747. The van der Waals surface area contributed by atoms with Crippen molar-refractivity contribution in [3.63, 3.8) is 0 Å². The molecule has 1 aromatic rings. The van der Waals surface area contributed by atoms with Gasteiger partial charge in [-0.05, 0) is 20.0 Å². The van der Waals surface area contributed by atoms with Crippen LogP contribution in [0.2, 0.25) is 0 Å². The van der Waals surface area contributed by atoms with Gasteiger partial charge in [-0.2, -0.15) is 0 Å². The summed E-state index contributed by atoms with van der Waals surface area (Å²) < 4.78 is 5.33. The number of aryl methyl sites for hydroxylation is 1. The first kappa shape index (κ1) is 9.61. The molecule has 0 bridgehead atoms. The van der Waals surface area contributed by atoms with E-state index in [9.17, 15) is 0 Å². The van der Waals surface area contributed by atoms with E-state index in [1.54, 1.807) is 0 Å². The average molecular weight is 196 g/mol. The minimum atomic E-state index is 0.599. The van der Waals surface area contributed by atoms with Gasteiger partial charge in [-0.25, -0.2) is 0 Å². The Morgan fingerprint density at radius 1 is 1.57 bits per heavy atom. The predicted molar refractivity (Wildman–Crippen MR) is 51.8 cm³/mol. The lowest BCUT2D eigenvalue weighted by molar-refractivity contribution is 0.223. The van der Waals surface area contributed by atoms with E-state index in [1.807, 2.05) is 6.92 Å². The maximum Gasteiger partial charge on any atom is 0.230 e. The minimum Gasteiger partial charge on any atom is -0.424 e. The first-order valence-electron chi connectivity index (χ1n) is 4.95. The molecule has 1 atom stereocenters. The Labute approximate surface area is 83.5 Å². The second kappa shape index (κ2) is 4.06. The van der Waals surface area contributed by atoms with Crippen molar-refractivity contribution in [2.75, 3.05) is 20.1 Å². The molecule has 5 nitrogen and oxygen atoms in total. The van der Waals surface area contributed by atoms with Gasteiger partial charge in [0.25, 0.3) is 0 Å². The fraction of sp³-hybridized carbons (Fsp3) is 0.778. The number of hydrogen-bond donors (Lipinski definition) is 1. The molecule has 0 aliphatic carbocycles. The van der Waals surface area contributed by atoms with Crippen LogP contribution in [0.4, 0.5) is 0 Å². The summed E-state index contributed by atoms with van der Waals surface area (Å²) in [5.41, 5.74) is 0. The van der Waals surface area contributed by atoms with Gasteiger partial charge in [0.15, 0.2) is 0 Å². The molecule has 1 aliphatic heterocycles. The van der Waals surface area contributed by atoms with Crippen LogP contribution in [0.25, 0.3) is 0 Å². The number of nitrogens with one attached hydrogen (secondary N) is 1. The fourth-order valence-corrected chi connectivity index (χ4v) is 1.76. The van der Waals surface area contributed by atoms with Crippen LogP contribution in [0, 0.1) is 6.92 Å². The summed E-state index contributed by atoms with van der Waals surface area (Å²) in [5.74, 6) is 1.34. The topological polar surface area (TPSA) is 54.2 Å². The van der Waals surface area contributed by atoms with Crippen molar-refractivity contribution in [2.24, 2.45) is 0 Å². The highest BCUT2D eigenvalue weighted by Crippen LogP contribution is 2.09. The first-order valence-corrected chi connectivity index (χ1v) is 4.95. The number of hydrogen-bond acceptors (Lipinski definition) is 5. The van der Waals surface area contributed by atoms with E-state index in [-0.39, 0.29) is 0 Å². The van der Waals surface area contributed by atoms with Gasteiger partial charge in [-0.3, -0.25) is 4.90 Å². The van der Waals surface area contributed by atoms with Gasteiger partial charge < -0.3 is 9.73 Å². The van der Waals surface area contributed by atoms with Crippen LogP contribution in [0.15, 0.2) is 4.42 Å². The largest absolute Gasteiger partial charge is 0.424 e. The van der Waals surface area contributed by atoms with Crippen LogP contribution >= 0.6 is 0 Å². The normalized spacial score (nSPS) is 22.1. The van der Waals surface area contributed by atoms with E-state index in [0.717, 1.165) is 19.6 Å². The molecule has 1 aliphatic rings. The van der Waals surface area contributed by atoms with E-state index in [4.69, 9.17) is 4.42 Å². The molecule has 2 heterocycles. The number of aromatic nitrogens is 2. The smallest absolute Gasteiger partial charge is 0.230 e. The molecule has 0 spiro atoms. The van der Waals surface area contributed by atoms with Crippen LogP contribution in [-0.4, -0.2) is 41.3 Å². The van der Waals surface area contributed by atoms with Gasteiger partial charge in [0.1, 0.15) is 0 Å². The van der Waals surface area contributed by atoms with Crippen molar-refractivity contribution in [1.82, 2.24) is 20.4 Å². The van der Waals surface area contributed by atoms with Crippen LogP contribution in [0.1, 0.15) is 18.2 Å². The van der Waals surface area contributed by atoms with Gasteiger partial charge in [0.2, 0.25) is 11.8 Å². The Bertz CT molecular complexity index is 293. The number of rotatable bonds is 3. The third kappa shape index (κ3) is 2.10. The molecule has 2 rings (SSSR count). The second-order valence-electron chi connectivity index (χ2n) is 3.78. The van der Waals surface area contributed by atoms with Gasteiger partial charge in [0, 0.05) is 19.5 Å². The molecule has 5 heteroatoms. The number of nitrogens with zero attached hydrogens (tertiary/aromatic N) is 3. The summed E-state index contributed by atoms with van der Waals surface area (Å²) in [6.45, 7) is 4.72. The van der Waals surface area contributed by atoms with E-state index < -0.39 is 0 Å². The molecule has 0 saturated carbocycles. The maximum atomic E-state index is 5.33. The molecule has 0 aromatic carbocycles. The molecule has 0 radical (unpaired) electrons. The van der Waals surface area contributed by atoms with E-state index in [2.05, 4.69) is 27.5 Å². The molecule has 1 unspecified atom stereocenters. The summed E-state index contributed by atoms with van der Waals surface area (Å²) in [5, 5.41) is 11.1. The summed E-state index contributed by atoms with van der Waals surface area (Å²) in [4.78, 5) is 2.26. The first-order chi connectivity index (χ1) is 6.75. The van der Waals surface area contributed by atoms with Gasteiger partial charge in [-0.15, -0.1) is 10.2 Å².